The number of nitrogens with one attached hydrogen (secondary N) is 1. The first kappa shape index (κ1) is 16.6. The fraction of sp³-hybridized carbons (Fsp3) is 0.312. The number of nitrogens with zero attached hydrogens (tertiary/aromatic N) is 3. The predicted molar refractivity (Wildman–Crippen MR) is 90.0 cm³/mol. The third kappa shape index (κ3) is 3.48. The number of hydrogen-bond acceptors (Lipinski definition) is 4. The van der Waals surface area contributed by atoms with Gasteiger partial charge in [0.25, 0.3) is 5.56 Å². The molecule has 1 aromatic carbocycles. The Balaban J connectivity index is 1.55. The second-order valence-corrected chi connectivity index (χ2v) is 6.48. The number of halogens is 2. The van der Waals surface area contributed by atoms with Crippen molar-refractivity contribution in [2.75, 3.05) is 5.75 Å². The summed E-state index contributed by atoms with van der Waals surface area (Å²) in [5, 5.41) is 4.47. The Kier molecular flexibility index (Phi) is 4.94. The maximum absolute atomic E-state index is 13.5. The first-order valence-corrected chi connectivity index (χ1v) is 8.63. The van der Waals surface area contributed by atoms with Crippen LogP contribution in [0.1, 0.15) is 17.8 Å². The van der Waals surface area contributed by atoms with E-state index in [0.29, 0.717) is 41.2 Å². The largest absolute Gasteiger partial charge is 0.309 e. The van der Waals surface area contributed by atoms with E-state index >= 15 is 0 Å². The van der Waals surface area contributed by atoms with Gasteiger partial charge in [0.1, 0.15) is 22.8 Å². The van der Waals surface area contributed by atoms with Crippen molar-refractivity contribution in [1.82, 2.24) is 19.7 Å². The Hall–Kier alpha value is -2.22. The highest BCUT2D eigenvalue weighted by atomic mass is 32.2. The van der Waals surface area contributed by atoms with E-state index < -0.39 is 11.6 Å². The smallest absolute Gasteiger partial charge is 0.262 e. The van der Waals surface area contributed by atoms with Crippen molar-refractivity contribution in [2.45, 2.75) is 18.6 Å². The molecule has 0 saturated carbocycles. The van der Waals surface area contributed by atoms with E-state index in [-0.39, 0.29) is 11.1 Å². The van der Waals surface area contributed by atoms with Gasteiger partial charge in [-0.2, -0.15) is 16.9 Å². The summed E-state index contributed by atoms with van der Waals surface area (Å²) in [6.45, 7) is 0. The Labute approximate surface area is 141 Å². The summed E-state index contributed by atoms with van der Waals surface area (Å²) in [6, 6.07) is 3.90. The fourth-order valence-electron chi connectivity index (χ4n) is 2.44. The zero-order valence-corrected chi connectivity index (χ0v) is 13.9. The maximum atomic E-state index is 13.5. The van der Waals surface area contributed by atoms with Crippen molar-refractivity contribution < 1.29 is 8.78 Å². The summed E-state index contributed by atoms with van der Waals surface area (Å²) < 4.78 is 28.6. The summed E-state index contributed by atoms with van der Waals surface area (Å²) >= 11 is 1.56. The number of fused-ring (bicyclic) bond motifs is 1. The minimum atomic E-state index is -0.507. The van der Waals surface area contributed by atoms with Crippen molar-refractivity contribution in [3.63, 3.8) is 0 Å². The van der Waals surface area contributed by atoms with Crippen molar-refractivity contribution in [1.29, 1.82) is 0 Å². The summed E-state index contributed by atoms with van der Waals surface area (Å²) in [5.74, 6) is 0.787. The molecule has 1 N–H and O–H groups in total. The van der Waals surface area contributed by atoms with Gasteiger partial charge < -0.3 is 4.98 Å². The van der Waals surface area contributed by atoms with Crippen LogP contribution in [-0.2, 0) is 19.2 Å². The van der Waals surface area contributed by atoms with E-state index in [1.54, 1.807) is 23.5 Å². The lowest BCUT2D eigenvalue weighted by molar-refractivity contribution is 0.553. The highest BCUT2D eigenvalue weighted by molar-refractivity contribution is 7.98. The van der Waals surface area contributed by atoms with Gasteiger partial charge in [0.15, 0.2) is 5.65 Å². The molecule has 0 radical (unpaired) electrons. The van der Waals surface area contributed by atoms with Crippen molar-refractivity contribution in [3.8, 4) is 0 Å². The topological polar surface area (TPSA) is 63.6 Å². The van der Waals surface area contributed by atoms with Crippen molar-refractivity contribution >= 4 is 22.8 Å². The van der Waals surface area contributed by atoms with Crippen molar-refractivity contribution in [2.24, 2.45) is 7.05 Å². The first-order valence-electron chi connectivity index (χ1n) is 7.48. The average Bonchev–Trinajstić information content (AvgIpc) is 2.91. The molecule has 0 bridgehead atoms. The van der Waals surface area contributed by atoms with Gasteiger partial charge in [-0.05, 0) is 30.7 Å². The third-order valence-corrected chi connectivity index (χ3v) is 4.72. The first-order chi connectivity index (χ1) is 11.6. The van der Waals surface area contributed by atoms with E-state index in [4.69, 9.17) is 0 Å². The Morgan fingerprint density at radius 2 is 2.04 bits per heavy atom. The Bertz CT molecular complexity index is 902. The second-order valence-electron chi connectivity index (χ2n) is 5.37. The lowest BCUT2D eigenvalue weighted by atomic mass is 10.1. The Morgan fingerprint density at radius 1 is 1.29 bits per heavy atom. The molecule has 126 valence electrons. The number of aromatic nitrogens is 4. The predicted octanol–water partition coefficient (Wildman–Crippen LogP) is 2.80. The molecule has 0 saturated heterocycles. The average molecular weight is 350 g/mol. The fourth-order valence-corrected chi connectivity index (χ4v) is 3.26. The van der Waals surface area contributed by atoms with Crippen LogP contribution in [0.5, 0.6) is 0 Å². The van der Waals surface area contributed by atoms with Crippen LogP contribution in [0.4, 0.5) is 8.78 Å². The quantitative estimate of drug-likeness (QED) is 0.695. The minimum absolute atomic E-state index is 0.126. The van der Waals surface area contributed by atoms with Gasteiger partial charge in [0.05, 0.1) is 11.9 Å². The number of aryl methyl sites for hydroxylation is 1. The molecular formula is C16H16F2N4OS. The molecule has 3 rings (SSSR count). The highest BCUT2D eigenvalue weighted by Gasteiger charge is 2.09. The molecule has 2 aromatic heterocycles. The molecule has 3 aromatic rings. The number of hydrogen-bond donors (Lipinski definition) is 1. The Morgan fingerprint density at radius 3 is 2.79 bits per heavy atom. The third-order valence-electron chi connectivity index (χ3n) is 3.67. The van der Waals surface area contributed by atoms with Gasteiger partial charge in [-0.15, -0.1) is 0 Å². The minimum Gasteiger partial charge on any atom is -0.309 e. The maximum Gasteiger partial charge on any atom is 0.262 e. The molecular weight excluding hydrogens is 334 g/mol. The monoisotopic (exact) mass is 350 g/mol. The van der Waals surface area contributed by atoms with Crippen LogP contribution in [0.25, 0.3) is 11.0 Å². The molecule has 0 aliphatic rings. The van der Waals surface area contributed by atoms with Crippen molar-refractivity contribution in [3.05, 3.63) is 57.8 Å². The molecule has 0 aliphatic carbocycles. The van der Waals surface area contributed by atoms with E-state index in [2.05, 4.69) is 15.1 Å². The van der Waals surface area contributed by atoms with Gasteiger partial charge in [-0.25, -0.2) is 13.8 Å². The SMILES string of the molecule is Cn1ncc2c(=O)[nH]c(CSCCCc3c(F)cccc3F)nc21. The second kappa shape index (κ2) is 7.12. The molecule has 24 heavy (non-hydrogen) atoms. The number of rotatable bonds is 6. The van der Waals surface area contributed by atoms with Gasteiger partial charge in [-0.1, -0.05) is 6.07 Å². The number of thioether (sulfide) groups is 1. The molecule has 8 heteroatoms. The van der Waals surface area contributed by atoms with Gasteiger partial charge >= 0.3 is 0 Å². The van der Waals surface area contributed by atoms with E-state index in [0.717, 1.165) is 0 Å². The lowest BCUT2D eigenvalue weighted by Gasteiger charge is -2.05. The molecule has 2 heterocycles. The van der Waals surface area contributed by atoms with Gasteiger partial charge in [-0.3, -0.25) is 9.48 Å². The summed E-state index contributed by atoms with van der Waals surface area (Å²) in [7, 11) is 1.73. The molecule has 0 aliphatic heterocycles. The normalized spacial score (nSPS) is 11.3. The number of H-pyrrole nitrogens is 1. The summed E-state index contributed by atoms with van der Waals surface area (Å²) in [4.78, 5) is 19.0. The highest BCUT2D eigenvalue weighted by Crippen LogP contribution is 2.17. The summed E-state index contributed by atoms with van der Waals surface area (Å²) in [6.07, 6.45) is 2.47. The lowest BCUT2D eigenvalue weighted by Crippen LogP contribution is -2.11. The van der Waals surface area contributed by atoms with Crippen LogP contribution in [0.3, 0.4) is 0 Å². The van der Waals surface area contributed by atoms with E-state index in [9.17, 15) is 13.6 Å². The molecule has 0 amide bonds. The summed E-state index contributed by atoms with van der Waals surface area (Å²) in [5.41, 5.74) is 0.459. The molecule has 5 nitrogen and oxygen atoms in total. The zero-order chi connectivity index (χ0) is 17.1. The van der Waals surface area contributed by atoms with Crippen LogP contribution in [-0.4, -0.2) is 25.5 Å². The van der Waals surface area contributed by atoms with Gasteiger partial charge in [0, 0.05) is 12.6 Å². The number of benzene rings is 1. The molecule has 0 fully saturated rings. The van der Waals surface area contributed by atoms with E-state index in [1.807, 2.05) is 0 Å². The zero-order valence-electron chi connectivity index (χ0n) is 13.1. The van der Waals surface area contributed by atoms with Crippen LogP contribution in [0.2, 0.25) is 0 Å². The number of aromatic amines is 1. The molecule has 0 unspecified atom stereocenters. The van der Waals surface area contributed by atoms with Crippen LogP contribution >= 0.6 is 11.8 Å². The van der Waals surface area contributed by atoms with E-state index in [1.165, 1.54) is 24.4 Å². The molecule has 0 spiro atoms. The van der Waals surface area contributed by atoms with Crippen LogP contribution < -0.4 is 5.56 Å². The van der Waals surface area contributed by atoms with Crippen LogP contribution in [0, 0.1) is 11.6 Å². The van der Waals surface area contributed by atoms with Crippen LogP contribution in [0.15, 0.2) is 29.2 Å². The molecule has 0 atom stereocenters. The van der Waals surface area contributed by atoms with Gasteiger partial charge in [0.2, 0.25) is 0 Å². The standard InChI is InChI=1S/C16H16F2N4OS/c1-22-15-11(8-19-22)16(23)21-14(20-15)9-24-7-3-4-10-12(17)5-2-6-13(10)18/h2,5-6,8H,3-4,7,9H2,1H3,(H,20,21,23).